The summed E-state index contributed by atoms with van der Waals surface area (Å²) in [5.41, 5.74) is -0.469. The number of nitrogens with one attached hydrogen (secondary N) is 1. The SMILES string of the molecule is CCCCn1c(=O)[nH]c(=O)c2c1nc(COC(=O)c1cc(F)ccc1Br)n2CCC. The van der Waals surface area contributed by atoms with Gasteiger partial charge in [0, 0.05) is 17.6 Å². The highest BCUT2D eigenvalue weighted by Gasteiger charge is 2.20. The number of unbranched alkanes of at least 4 members (excludes halogenated alkanes) is 1. The smallest absolute Gasteiger partial charge is 0.339 e. The first kappa shape index (κ1) is 21.9. The Morgan fingerprint density at radius 2 is 1.97 bits per heavy atom. The number of aromatic amines is 1. The summed E-state index contributed by atoms with van der Waals surface area (Å²) in [5.74, 6) is -0.947. The van der Waals surface area contributed by atoms with Gasteiger partial charge < -0.3 is 9.30 Å². The molecule has 1 aromatic carbocycles. The monoisotopic (exact) mass is 480 g/mol. The van der Waals surface area contributed by atoms with Crippen LogP contribution in [0.1, 0.15) is 49.3 Å². The van der Waals surface area contributed by atoms with Crippen LogP contribution in [-0.2, 0) is 24.4 Å². The Kier molecular flexibility index (Phi) is 6.86. The Labute approximate surface area is 179 Å². The van der Waals surface area contributed by atoms with Gasteiger partial charge in [-0.1, -0.05) is 20.3 Å². The van der Waals surface area contributed by atoms with Crippen molar-refractivity contribution in [3.63, 3.8) is 0 Å². The molecule has 160 valence electrons. The minimum absolute atomic E-state index is 0.0471. The number of H-pyrrole nitrogens is 1. The molecule has 0 fully saturated rings. The fourth-order valence-electron chi connectivity index (χ4n) is 3.18. The quantitative estimate of drug-likeness (QED) is 0.498. The molecule has 0 atom stereocenters. The Morgan fingerprint density at radius 1 is 1.20 bits per heavy atom. The number of ether oxygens (including phenoxy) is 1. The van der Waals surface area contributed by atoms with Crippen molar-refractivity contribution in [2.75, 3.05) is 0 Å². The molecular weight excluding hydrogens is 459 g/mol. The Hall–Kier alpha value is -2.75. The number of nitrogens with zero attached hydrogens (tertiary/aromatic N) is 3. The van der Waals surface area contributed by atoms with E-state index < -0.39 is 23.0 Å². The number of hydrogen-bond donors (Lipinski definition) is 1. The zero-order valence-corrected chi connectivity index (χ0v) is 18.3. The highest BCUT2D eigenvalue weighted by Crippen LogP contribution is 2.20. The summed E-state index contributed by atoms with van der Waals surface area (Å²) in [7, 11) is 0. The van der Waals surface area contributed by atoms with Crippen molar-refractivity contribution in [3.8, 4) is 0 Å². The molecular formula is C20H22BrFN4O4. The summed E-state index contributed by atoms with van der Waals surface area (Å²) in [6.07, 6.45) is 2.32. The molecule has 0 spiro atoms. The van der Waals surface area contributed by atoms with E-state index in [0.717, 1.165) is 18.9 Å². The van der Waals surface area contributed by atoms with E-state index >= 15 is 0 Å². The molecule has 0 aliphatic heterocycles. The lowest BCUT2D eigenvalue weighted by Gasteiger charge is -2.09. The summed E-state index contributed by atoms with van der Waals surface area (Å²) >= 11 is 3.20. The predicted molar refractivity (Wildman–Crippen MR) is 113 cm³/mol. The van der Waals surface area contributed by atoms with Crippen molar-refractivity contribution in [2.45, 2.75) is 52.8 Å². The van der Waals surface area contributed by atoms with Crippen LogP contribution in [-0.4, -0.2) is 25.1 Å². The van der Waals surface area contributed by atoms with Gasteiger partial charge in [-0.05, 0) is 47.0 Å². The summed E-state index contributed by atoms with van der Waals surface area (Å²) in [4.78, 5) is 44.0. The zero-order valence-electron chi connectivity index (χ0n) is 16.7. The van der Waals surface area contributed by atoms with Gasteiger partial charge in [0.05, 0.1) is 5.56 Å². The molecule has 8 nitrogen and oxygen atoms in total. The number of aryl methyl sites for hydroxylation is 2. The zero-order chi connectivity index (χ0) is 21.8. The molecule has 0 saturated heterocycles. The van der Waals surface area contributed by atoms with Gasteiger partial charge in [0.2, 0.25) is 0 Å². The van der Waals surface area contributed by atoms with Crippen LogP contribution in [0, 0.1) is 5.82 Å². The van der Waals surface area contributed by atoms with Crippen LogP contribution in [0.25, 0.3) is 11.2 Å². The normalized spacial score (nSPS) is 11.2. The summed E-state index contributed by atoms with van der Waals surface area (Å²) in [6.45, 7) is 4.59. The van der Waals surface area contributed by atoms with Crippen LogP contribution in [0.3, 0.4) is 0 Å². The van der Waals surface area contributed by atoms with Crippen molar-refractivity contribution in [2.24, 2.45) is 0 Å². The second-order valence-corrected chi connectivity index (χ2v) is 7.67. The molecule has 0 amide bonds. The second-order valence-electron chi connectivity index (χ2n) is 6.82. The highest BCUT2D eigenvalue weighted by atomic mass is 79.9. The summed E-state index contributed by atoms with van der Waals surface area (Å²) in [5, 5.41) is 0. The van der Waals surface area contributed by atoms with Crippen LogP contribution in [0.5, 0.6) is 0 Å². The number of aromatic nitrogens is 4. The van der Waals surface area contributed by atoms with Gasteiger partial charge in [0.15, 0.2) is 11.2 Å². The highest BCUT2D eigenvalue weighted by molar-refractivity contribution is 9.10. The van der Waals surface area contributed by atoms with Crippen molar-refractivity contribution < 1.29 is 13.9 Å². The van der Waals surface area contributed by atoms with Crippen LogP contribution in [0.4, 0.5) is 4.39 Å². The number of esters is 1. The second kappa shape index (κ2) is 9.38. The largest absolute Gasteiger partial charge is 0.454 e. The van der Waals surface area contributed by atoms with E-state index in [2.05, 4.69) is 25.9 Å². The average molecular weight is 481 g/mol. The van der Waals surface area contributed by atoms with Crippen molar-refractivity contribution in [1.82, 2.24) is 19.1 Å². The molecule has 0 aliphatic rings. The predicted octanol–water partition coefficient (Wildman–Crippen LogP) is 3.36. The van der Waals surface area contributed by atoms with E-state index in [-0.39, 0.29) is 23.3 Å². The van der Waals surface area contributed by atoms with Gasteiger partial charge in [-0.15, -0.1) is 0 Å². The lowest BCUT2D eigenvalue weighted by atomic mass is 10.2. The van der Waals surface area contributed by atoms with Crippen LogP contribution in [0.2, 0.25) is 0 Å². The molecule has 0 unspecified atom stereocenters. The van der Waals surface area contributed by atoms with E-state index in [1.807, 2.05) is 13.8 Å². The first-order valence-corrected chi connectivity index (χ1v) is 10.5. The number of hydrogen-bond acceptors (Lipinski definition) is 5. The fourth-order valence-corrected chi connectivity index (χ4v) is 3.59. The molecule has 0 saturated carbocycles. The molecule has 0 aliphatic carbocycles. The minimum atomic E-state index is -0.728. The first-order valence-electron chi connectivity index (χ1n) is 9.71. The lowest BCUT2D eigenvalue weighted by Crippen LogP contribution is -2.31. The third-order valence-corrected chi connectivity index (χ3v) is 5.32. The number of benzene rings is 1. The molecule has 3 rings (SSSR count). The van der Waals surface area contributed by atoms with E-state index in [1.165, 1.54) is 16.7 Å². The lowest BCUT2D eigenvalue weighted by molar-refractivity contribution is 0.0456. The van der Waals surface area contributed by atoms with Gasteiger partial charge in [0.1, 0.15) is 18.2 Å². The number of imidazole rings is 1. The van der Waals surface area contributed by atoms with Gasteiger partial charge in [0.25, 0.3) is 5.56 Å². The average Bonchev–Trinajstić information content (AvgIpc) is 3.07. The van der Waals surface area contributed by atoms with E-state index in [0.29, 0.717) is 29.8 Å². The number of rotatable bonds is 8. The van der Waals surface area contributed by atoms with Crippen molar-refractivity contribution in [3.05, 3.63) is 60.7 Å². The minimum Gasteiger partial charge on any atom is -0.454 e. The Balaban J connectivity index is 2.00. The van der Waals surface area contributed by atoms with E-state index in [4.69, 9.17) is 4.74 Å². The molecule has 10 heteroatoms. The number of halogens is 2. The first-order chi connectivity index (χ1) is 14.4. The molecule has 0 radical (unpaired) electrons. The van der Waals surface area contributed by atoms with Gasteiger partial charge >= 0.3 is 11.7 Å². The van der Waals surface area contributed by atoms with E-state index in [1.54, 1.807) is 4.57 Å². The molecule has 2 aromatic heterocycles. The standard InChI is InChI=1S/C20H22BrFN4O4/c1-3-5-9-26-17-16(18(27)24-20(26)29)25(8-4-2)15(23-17)11-30-19(28)13-10-12(22)6-7-14(13)21/h6-7,10H,3-5,8-9,11H2,1-2H3,(H,24,27,29). The molecule has 1 N–H and O–H groups in total. The van der Waals surface area contributed by atoms with Gasteiger partial charge in [-0.2, -0.15) is 0 Å². The number of carbonyl (C=O) groups is 1. The topological polar surface area (TPSA) is 99.0 Å². The van der Waals surface area contributed by atoms with Crippen LogP contribution >= 0.6 is 15.9 Å². The fraction of sp³-hybridized carbons (Fsp3) is 0.400. The Morgan fingerprint density at radius 3 is 2.67 bits per heavy atom. The molecule has 3 aromatic rings. The third kappa shape index (κ3) is 4.38. The number of fused-ring (bicyclic) bond motifs is 1. The summed E-state index contributed by atoms with van der Waals surface area (Å²) in [6, 6.07) is 3.72. The molecule has 0 bridgehead atoms. The van der Waals surface area contributed by atoms with Crippen LogP contribution in [0.15, 0.2) is 32.3 Å². The summed E-state index contributed by atoms with van der Waals surface area (Å²) < 4.78 is 22.3. The molecule has 30 heavy (non-hydrogen) atoms. The van der Waals surface area contributed by atoms with Gasteiger partial charge in [-0.25, -0.2) is 19.0 Å². The maximum absolute atomic E-state index is 13.5. The van der Waals surface area contributed by atoms with E-state index in [9.17, 15) is 18.8 Å². The van der Waals surface area contributed by atoms with Crippen molar-refractivity contribution >= 4 is 33.1 Å². The third-order valence-electron chi connectivity index (χ3n) is 4.63. The van der Waals surface area contributed by atoms with Crippen molar-refractivity contribution in [1.29, 1.82) is 0 Å². The molecule has 2 heterocycles. The maximum Gasteiger partial charge on any atom is 0.339 e. The maximum atomic E-state index is 13.5. The number of carbonyl (C=O) groups excluding carboxylic acids is 1. The van der Waals surface area contributed by atoms with Crippen LogP contribution < -0.4 is 11.2 Å². The van der Waals surface area contributed by atoms with Gasteiger partial charge in [-0.3, -0.25) is 14.3 Å². The Bertz CT molecular complexity index is 1200.